The van der Waals surface area contributed by atoms with E-state index in [1.54, 1.807) is 31.2 Å². The molecule has 2 N–H and O–H groups in total. The normalized spacial score (nSPS) is 11.4. The minimum absolute atomic E-state index is 0.0330. The predicted molar refractivity (Wildman–Crippen MR) is 80.5 cm³/mol. The van der Waals surface area contributed by atoms with Gasteiger partial charge in [-0.3, -0.25) is 4.79 Å². The average molecular weight is 298 g/mol. The summed E-state index contributed by atoms with van der Waals surface area (Å²) in [5, 5.41) is 5.66. The lowest BCUT2D eigenvalue weighted by molar-refractivity contribution is -0.119. The largest absolute Gasteiger partial charge is 0.375 e. The Morgan fingerprint density at radius 3 is 2.50 bits per heavy atom. The molecule has 0 bridgehead atoms. The first-order valence-corrected chi connectivity index (χ1v) is 8.34. The van der Waals surface area contributed by atoms with E-state index in [0.717, 1.165) is 0 Å². The molecule has 5 nitrogen and oxygen atoms in total. The van der Waals surface area contributed by atoms with Gasteiger partial charge in [0.1, 0.15) is 0 Å². The molecule has 6 heteroatoms. The van der Waals surface area contributed by atoms with Crippen molar-refractivity contribution >= 4 is 21.4 Å². The minimum Gasteiger partial charge on any atom is -0.375 e. The molecule has 0 radical (unpaired) electrons. The minimum atomic E-state index is -3.30. The third-order valence-electron chi connectivity index (χ3n) is 2.75. The molecule has 0 saturated carbocycles. The van der Waals surface area contributed by atoms with Gasteiger partial charge in [0, 0.05) is 6.54 Å². The number of carbonyl (C=O) groups excluding carboxylic acids is 1. The van der Waals surface area contributed by atoms with Crippen LogP contribution < -0.4 is 10.6 Å². The Kier molecular flexibility index (Phi) is 6.01. The van der Waals surface area contributed by atoms with Crippen molar-refractivity contribution < 1.29 is 13.2 Å². The third kappa shape index (κ3) is 4.85. The van der Waals surface area contributed by atoms with E-state index < -0.39 is 9.84 Å². The van der Waals surface area contributed by atoms with Gasteiger partial charge < -0.3 is 10.6 Å². The van der Waals surface area contributed by atoms with Gasteiger partial charge in [-0.25, -0.2) is 8.42 Å². The molecular formula is C14H22N2O3S. The van der Waals surface area contributed by atoms with Gasteiger partial charge in [0.15, 0.2) is 9.84 Å². The number of rotatable bonds is 7. The van der Waals surface area contributed by atoms with E-state index in [9.17, 15) is 13.2 Å². The number of sulfone groups is 1. The number of hydrogen-bond acceptors (Lipinski definition) is 4. The van der Waals surface area contributed by atoms with Crippen molar-refractivity contribution in [1.29, 1.82) is 0 Å². The van der Waals surface area contributed by atoms with E-state index in [2.05, 4.69) is 10.6 Å². The summed E-state index contributed by atoms with van der Waals surface area (Å²) in [5.41, 5.74) is 0.467. The maximum Gasteiger partial charge on any atom is 0.239 e. The van der Waals surface area contributed by atoms with Gasteiger partial charge in [0.2, 0.25) is 5.91 Å². The second kappa shape index (κ2) is 7.28. The maximum absolute atomic E-state index is 11.9. The zero-order valence-electron chi connectivity index (χ0n) is 12.1. The summed E-state index contributed by atoms with van der Waals surface area (Å²) < 4.78 is 23.9. The Labute approximate surface area is 120 Å². The van der Waals surface area contributed by atoms with E-state index in [-0.39, 0.29) is 23.1 Å². The molecule has 0 saturated heterocycles. The SMILES string of the molecule is CCS(=O)(=O)c1ccccc1NCC(=O)NCC(C)C. The van der Waals surface area contributed by atoms with Gasteiger partial charge in [-0.15, -0.1) is 0 Å². The summed E-state index contributed by atoms with van der Waals surface area (Å²) in [4.78, 5) is 11.9. The van der Waals surface area contributed by atoms with E-state index in [1.807, 2.05) is 13.8 Å². The number of nitrogens with one attached hydrogen (secondary N) is 2. The highest BCUT2D eigenvalue weighted by atomic mass is 32.2. The predicted octanol–water partition coefficient (Wildman–Crippen LogP) is 1.66. The standard InChI is InChI=1S/C14H22N2O3S/c1-4-20(18,19)13-8-6-5-7-12(13)15-10-14(17)16-9-11(2)3/h5-8,11,15H,4,9-10H2,1-3H3,(H,16,17). The Balaban J connectivity index is 2.72. The van der Waals surface area contributed by atoms with Crippen LogP contribution in [0.2, 0.25) is 0 Å². The first-order valence-electron chi connectivity index (χ1n) is 6.69. The molecule has 0 aromatic heterocycles. The zero-order chi connectivity index (χ0) is 15.2. The molecule has 0 aliphatic carbocycles. The molecule has 1 rings (SSSR count). The molecule has 0 aliphatic heterocycles. The van der Waals surface area contributed by atoms with Crippen LogP contribution in [-0.4, -0.2) is 33.2 Å². The van der Waals surface area contributed by atoms with Crippen molar-refractivity contribution in [3.05, 3.63) is 24.3 Å². The summed E-state index contributed by atoms with van der Waals surface area (Å²) >= 11 is 0. The van der Waals surface area contributed by atoms with Crippen LogP contribution in [0.25, 0.3) is 0 Å². The molecule has 1 amide bonds. The smallest absolute Gasteiger partial charge is 0.239 e. The van der Waals surface area contributed by atoms with Crippen LogP contribution in [0.4, 0.5) is 5.69 Å². The van der Waals surface area contributed by atoms with Gasteiger partial charge >= 0.3 is 0 Å². The molecule has 0 aliphatic rings. The molecule has 0 unspecified atom stereocenters. The molecule has 1 aromatic carbocycles. The molecule has 0 spiro atoms. The fourth-order valence-corrected chi connectivity index (χ4v) is 2.67. The summed E-state index contributed by atoms with van der Waals surface area (Å²) in [6.07, 6.45) is 0. The zero-order valence-corrected chi connectivity index (χ0v) is 13.0. The van der Waals surface area contributed by atoms with Crippen LogP contribution in [0.3, 0.4) is 0 Å². The van der Waals surface area contributed by atoms with E-state index in [0.29, 0.717) is 18.2 Å². The highest BCUT2D eigenvalue weighted by Gasteiger charge is 2.16. The molecule has 20 heavy (non-hydrogen) atoms. The number of hydrogen-bond donors (Lipinski definition) is 2. The lowest BCUT2D eigenvalue weighted by atomic mass is 10.2. The van der Waals surface area contributed by atoms with E-state index >= 15 is 0 Å². The summed E-state index contributed by atoms with van der Waals surface area (Å²) in [7, 11) is -3.30. The molecule has 112 valence electrons. The average Bonchev–Trinajstić information content (AvgIpc) is 2.43. The number of anilines is 1. The summed E-state index contributed by atoms with van der Waals surface area (Å²) in [6, 6.07) is 6.63. The van der Waals surface area contributed by atoms with Crippen molar-refractivity contribution in [2.45, 2.75) is 25.7 Å². The second-order valence-corrected chi connectivity index (χ2v) is 7.20. The number of carbonyl (C=O) groups is 1. The van der Waals surface area contributed by atoms with E-state index in [1.165, 1.54) is 0 Å². The number of amides is 1. The number of para-hydroxylation sites is 1. The van der Waals surface area contributed by atoms with Crippen LogP contribution in [-0.2, 0) is 14.6 Å². The molecule has 0 heterocycles. The van der Waals surface area contributed by atoms with Gasteiger partial charge in [-0.1, -0.05) is 32.9 Å². The molecule has 0 atom stereocenters. The maximum atomic E-state index is 11.9. The lowest BCUT2D eigenvalue weighted by Crippen LogP contribution is -2.32. The summed E-state index contributed by atoms with van der Waals surface area (Å²) in [6.45, 7) is 6.29. The first-order chi connectivity index (χ1) is 9.36. The second-order valence-electron chi connectivity index (χ2n) is 4.95. The van der Waals surface area contributed by atoms with Crippen LogP contribution in [0.15, 0.2) is 29.2 Å². The molecular weight excluding hydrogens is 276 g/mol. The van der Waals surface area contributed by atoms with Gasteiger partial charge in [0.25, 0.3) is 0 Å². The fourth-order valence-electron chi connectivity index (χ4n) is 1.60. The van der Waals surface area contributed by atoms with E-state index in [4.69, 9.17) is 0 Å². The van der Waals surface area contributed by atoms with Gasteiger partial charge in [-0.05, 0) is 18.1 Å². The third-order valence-corrected chi connectivity index (χ3v) is 4.54. The molecule has 1 aromatic rings. The van der Waals surface area contributed by atoms with Crippen molar-refractivity contribution in [3.63, 3.8) is 0 Å². The van der Waals surface area contributed by atoms with Crippen LogP contribution >= 0.6 is 0 Å². The van der Waals surface area contributed by atoms with Gasteiger partial charge in [-0.2, -0.15) is 0 Å². The van der Waals surface area contributed by atoms with Crippen LogP contribution in [0.1, 0.15) is 20.8 Å². The first kappa shape index (κ1) is 16.5. The van der Waals surface area contributed by atoms with Crippen molar-refractivity contribution in [2.24, 2.45) is 5.92 Å². The van der Waals surface area contributed by atoms with Crippen molar-refractivity contribution in [1.82, 2.24) is 5.32 Å². The fraction of sp³-hybridized carbons (Fsp3) is 0.500. The Morgan fingerprint density at radius 2 is 1.90 bits per heavy atom. The topological polar surface area (TPSA) is 75.3 Å². The van der Waals surface area contributed by atoms with Crippen LogP contribution in [0.5, 0.6) is 0 Å². The monoisotopic (exact) mass is 298 g/mol. The highest BCUT2D eigenvalue weighted by Crippen LogP contribution is 2.21. The quantitative estimate of drug-likeness (QED) is 0.803. The molecule has 0 fully saturated rings. The number of benzene rings is 1. The Hall–Kier alpha value is -1.56. The highest BCUT2D eigenvalue weighted by molar-refractivity contribution is 7.91. The lowest BCUT2D eigenvalue weighted by Gasteiger charge is -2.12. The summed E-state index contributed by atoms with van der Waals surface area (Å²) in [5.74, 6) is 0.264. The Bertz CT molecular complexity index is 553. The van der Waals surface area contributed by atoms with Crippen LogP contribution in [0, 0.1) is 5.92 Å². The van der Waals surface area contributed by atoms with Crippen molar-refractivity contribution in [3.8, 4) is 0 Å². The van der Waals surface area contributed by atoms with Crippen molar-refractivity contribution in [2.75, 3.05) is 24.2 Å². The van der Waals surface area contributed by atoms with Gasteiger partial charge in [0.05, 0.1) is 22.9 Å². The Morgan fingerprint density at radius 1 is 1.25 bits per heavy atom.